The van der Waals surface area contributed by atoms with Gasteiger partial charge in [-0.2, -0.15) is 4.99 Å². The molecule has 2 aromatic carbocycles. The Balaban J connectivity index is 1.40. The fourth-order valence-corrected chi connectivity index (χ4v) is 5.83. The van der Waals surface area contributed by atoms with E-state index in [-0.39, 0.29) is 29.8 Å². The number of hydrogen-bond donors (Lipinski definition) is 2. The molecular weight excluding hydrogens is 497 g/mol. The minimum Gasteiger partial charge on any atom is -0.354 e. The zero-order valence-corrected chi connectivity index (χ0v) is 22.6. The number of benzene rings is 2. The maximum atomic E-state index is 13.4. The summed E-state index contributed by atoms with van der Waals surface area (Å²) in [5, 5.41) is 5.90. The molecule has 8 nitrogen and oxygen atoms in total. The van der Waals surface area contributed by atoms with Crippen molar-refractivity contribution >= 4 is 29.2 Å². The molecule has 0 unspecified atom stereocenters. The Morgan fingerprint density at radius 1 is 1.10 bits per heavy atom. The van der Waals surface area contributed by atoms with Crippen LogP contribution in [0.5, 0.6) is 0 Å². The molecule has 3 amide bonds. The highest BCUT2D eigenvalue weighted by Gasteiger charge is 2.36. The molecule has 0 radical (unpaired) electrons. The Morgan fingerprint density at radius 2 is 1.85 bits per heavy atom. The Morgan fingerprint density at radius 3 is 2.54 bits per heavy atom. The predicted octanol–water partition coefficient (Wildman–Crippen LogP) is 3.44. The van der Waals surface area contributed by atoms with Crippen molar-refractivity contribution in [3.05, 3.63) is 65.0 Å². The molecule has 0 atom stereocenters. The van der Waals surface area contributed by atoms with Crippen molar-refractivity contribution in [2.24, 2.45) is 10.9 Å². The highest BCUT2D eigenvalue weighted by molar-refractivity contribution is 6.12. The van der Waals surface area contributed by atoms with Gasteiger partial charge < -0.3 is 15.5 Å². The highest BCUT2D eigenvalue weighted by Crippen LogP contribution is 2.38. The van der Waals surface area contributed by atoms with Crippen LogP contribution in [0, 0.1) is 11.7 Å². The average molecular weight is 534 g/mol. The van der Waals surface area contributed by atoms with Crippen LogP contribution in [0.3, 0.4) is 0 Å². The normalized spacial score (nSPS) is 22.6. The van der Waals surface area contributed by atoms with E-state index in [0.717, 1.165) is 49.0 Å². The van der Waals surface area contributed by atoms with Gasteiger partial charge in [-0.3, -0.25) is 19.3 Å². The van der Waals surface area contributed by atoms with E-state index in [0.29, 0.717) is 37.5 Å². The molecule has 2 heterocycles. The van der Waals surface area contributed by atoms with Gasteiger partial charge in [0, 0.05) is 55.3 Å². The van der Waals surface area contributed by atoms with Crippen LogP contribution in [0.2, 0.25) is 0 Å². The zero-order valence-electron chi connectivity index (χ0n) is 22.6. The number of aliphatic imine (C=N–C) groups is 1. The van der Waals surface area contributed by atoms with E-state index in [4.69, 9.17) is 0 Å². The molecule has 0 bridgehead atoms. The molecule has 1 saturated heterocycles. The maximum absolute atomic E-state index is 13.4. The first kappa shape index (κ1) is 27.0. The summed E-state index contributed by atoms with van der Waals surface area (Å²) in [6, 6.07) is 12.0. The van der Waals surface area contributed by atoms with Gasteiger partial charge in [-0.25, -0.2) is 4.39 Å². The van der Waals surface area contributed by atoms with Gasteiger partial charge in [0.1, 0.15) is 11.7 Å². The molecule has 9 heteroatoms. The van der Waals surface area contributed by atoms with Crippen LogP contribution in [0.25, 0.3) is 0 Å². The van der Waals surface area contributed by atoms with Gasteiger partial charge >= 0.3 is 0 Å². The number of halogens is 1. The van der Waals surface area contributed by atoms with E-state index in [1.807, 2.05) is 13.8 Å². The van der Waals surface area contributed by atoms with Crippen LogP contribution in [-0.2, 0) is 22.6 Å². The SMILES string of the molecule is CC(C)NC(=O)C1CCC(N2C(=NC(=O)c3ccc(F)cc3)Cc3ccc(CN4CCNC(=O)C4)cc32)CC1. The van der Waals surface area contributed by atoms with Crippen molar-refractivity contribution in [2.75, 3.05) is 24.5 Å². The number of nitrogens with one attached hydrogen (secondary N) is 2. The topological polar surface area (TPSA) is 94.1 Å². The summed E-state index contributed by atoms with van der Waals surface area (Å²) in [4.78, 5) is 46.4. The second-order valence-corrected chi connectivity index (χ2v) is 11.1. The first-order chi connectivity index (χ1) is 18.8. The fourth-order valence-electron chi connectivity index (χ4n) is 5.83. The number of piperazine rings is 1. The summed E-state index contributed by atoms with van der Waals surface area (Å²) in [5.74, 6) is 0.0282. The molecular formula is C30H36FN5O3. The fraction of sp³-hybridized carbons (Fsp3) is 0.467. The quantitative estimate of drug-likeness (QED) is 0.594. The monoisotopic (exact) mass is 533 g/mol. The first-order valence-electron chi connectivity index (χ1n) is 13.8. The molecule has 2 fully saturated rings. The van der Waals surface area contributed by atoms with Crippen molar-refractivity contribution < 1.29 is 18.8 Å². The minimum absolute atomic E-state index is 0.0106. The molecule has 0 aromatic heterocycles. The molecule has 1 saturated carbocycles. The molecule has 206 valence electrons. The number of rotatable bonds is 6. The number of carbonyl (C=O) groups excluding carboxylic acids is 3. The van der Waals surface area contributed by atoms with Crippen LogP contribution in [0.4, 0.5) is 10.1 Å². The maximum Gasteiger partial charge on any atom is 0.278 e. The third-order valence-electron chi connectivity index (χ3n) is 7.74. The van der Waals surface area contributed by atoms with Gasteiger partial charge in [-0.1, -0.05) is 12.1 Å². The number of amides is 3. The third kappa shape index (κ3) is 6.36. The molecule has 5 rings (SSSR count). The number of nitrogens with zero attached hydrogens (tertiary/aromatic N) is 3. The first-order valence-corrected chi connectivity index (χ1v) is 13.8. The smallest absolute Gasteiger partial charge is 0.278 e. The van der Waals surface area contributed by atoms with E-state index < -0.39 is 11.7 Å². The van der Waals surface area contributed by atoms with Crippen molar-refractivity contribution in [1.29, 1.82) is 0 Å². The highest BCUT2D eigenvalue weighted by atomic mass is 19.1. The molecule has 2 aromatic rings. The van der Waals surface area contributed by atoms with Crippen molar-refractivity contribution in [3.8, 4) is 0 Å². The van der Waals surface area contributed by atoms with Crippen LogP contribution in [0.15, 0.2) is 47.5 Å². The summed E-state index contributed by atoms with van der Waals surface area (Å²) in [6.45, 7) is 6.43. The third-order valence-corrected chi connectivity index (χ3v) is 7.74. The molecule has 2 aliphatic heterocycles. The van der Waals surface area contributed by atoms with Gasteiger partial charge in [-0.05, 0) is 81.0 Å². The summed E-state index contributed by atoms with van der Waals surface area (Å²) in [7, 11) is 0. The van der Waals surface area contributed by atoms with E-state index in [1.54, 1.807) is 0 Å². The Kier molecular flexibility index (Phi) is 8.07. The summed E-state index contributed by atoms with van der Waals surface area (Å²) in [5.41, 5.74) is 3.58. The lowest BCUT2D eigenvalue weighted by molar-refractivity contribution is -0.126. The van der Waals surface area contributed by atoms with E-state index in [2.05, 4.69) is 43.6 Å². The van der Waals surface area contributed by atoms with Gasteiger partial charge in [0.15, 0.2) is 0 Å². The average Bonchev–Trinajstić information content (AvgIpc) is 3.25. The Hall–Kier alpha value is -3.59. The van der Waals surface area contributed by atoms with Crippen LogP contribution in [0.1, 0.15) is 61.0 Å². The van der Waals surface area contributed by atoms with Gasteiger partial charge in [0.2, 0.25) is 11.8 Å². The second-order valence-electron chi connectivity index (χ2n) is 11.1. The van der Waals surface area contributed by atoms with E-state index in [1.165, 1.54) is 24.3 Å². The number of anilines is 1. The lowest BCUT2D eigenvalue weighted by atomic mass is 9.84. The standard InChI is InChI=1S/C30H36FN5O3/c1-19(2)33-29(38)22-7-11-25(12-8-22)36-26-15-20(17-35-14-13-32-28(37)18-35)3-4-23(26)16-27(36)34-30(39)21-5-9-24(31)10-6-21/h3-6,9-10,15,19,22,25H,7-8,11-14,16-18H2,1-2H3,(H,32,37)(H,33,38). The Labute approximate surface area is 228 Å². The van der Waals surface area contributed by atoms with Gasteiger partial charge in [-0.15, -0.1) is 0 Å². The van der Waals surface area contributed by atoms with Crippen LogP contribution in [-0.4, -0.2) is 60.2 Å². The predicted molar refractivity (Wildman–Crippen MR) is 148 cm³/mol. The molecule has 1 aliphatic carbocycles. The summed E-state index contributed by atoms with van der Waals surface area (Å²) < 4.78 is 13.4. The van der Waals surface area contributed by atoms with Crippen molar-refractivity contribution in [1.82, 2.24) is 15.5 Å². The minimum atomic E-state index is -0.397. The summed E-state index contributed by atoms with van der Waals surface area (Å²) in [6.07, 6.45) is 3.71. The molecule has 0 spiro atoms. The van der Waals surface area contributed by atoms with Crippen LogP contribution < -0.4 is 15.5 Å². The van der Waals surface area contributed by atoms with Gasteiger partial charge in [0.25, 0.3) is 5.91 Å². The largest absolute Gasteiger partial charge is 0.354 e. The number of carbonyl (C=O) groups is 3. The lowest BCUT2D eigenvalue weighted by Crippen LogP contribution is -2.47. The van der Waals surface area contributed by atoms with Crippen LogP contribution >= 0.6 is 0 Å². The van der Waals surface area contributed by atoms with Crippen molar-refractivity contribution in [3.63, 3.8) is 0 Å². The summed E-state index contributed by atoms with van der Waals surface area (Å²) >= 11 is 0. The van der Waals surface area contributed by atoms with E-state index in [9.17, 15) is 18.8 Å². The zero-order chi connectivity index (χ0) is 27.5. The molecule has 2 N–H and O–H groups in total. The lowest BCUT2D eigenvalue weighted by Gasteiger charge is -2.36. The molecule has 3 aliphatic rings. The number of amidine groups is 1. The number of hydrogen-bond acceptors (Lipinski definition) is 4. The van der Waals surface area contributed by atoms with E-state index >= 15 is 0 Å². The second kappa shape index (κ2) is 11.7. The van der Waals surface area contributed by atoms with Gasteiger partial charge in [0.05, 0.1) is 6.54 Å². The molecule has 39 heavy (non-hydrogen) atoms. The van der Waals surface area contributed by atoms with Crippen molar-refractivity contribution in [2.45, 2.75) is 64.6 Å². The Bertz CT molecular complexity index is 1270. The number of fused-ring (bicyclic) bond motifs is 1.